The highest BCUT2D eigenvalue weighted by molar-refractivity contribution is 5.27. The van der Waals surface area contributed by atoms with E-state index in [1.54, 1.807) is 12.1 Å². The Bertz CT molecular complexity index is 305. The SMILES string of the molecule is [2H]C([2H])([2H])Oc1ccc(CC(C)N)cc1. The lowest BCUT2D eigenvalue weighted by Gasteiger charge is -2.05. The minimum atomic E-state index is -2.39. The Morgan fingerprint density at radius 1 is 1.50 bits per heavy atom. The highest BCUT2D eigenvalue weighted by Crippen LogP contribution is 2.11. The van der Waals surface area contributed by atoms with Gasteiger partial charge in [0, 0.05) is 6.04 Å². The maximum absolute atomic E-state index is 6.93. The van der Waals surface area contributed by atoms with Gasteiger partial charge in [0.1, 0.15) is 5.75 Å². The molecule has 0 radical (unpaired) electrons. The summed E-state index contributed by atoms with van der Waals surface area (Å²) in [6, 6.07) is 7.03. The molecular formula is C10H15NO. The molecule has 1 unspecified atom stereocenters. The molecule has 0 saturated carbocycles. The molecule has 2 N–H and O–H groups in total. The third kappa shape index (κ3) is 2.55. The van der Waals surface area contributed by atoms with E-state index >= 15 is 0 Å². The lowest BCUT2D eigenvalue weighted by atomic mass is 10.1. The van der Waals surface area contributed by atoms with Crippen LogP contribution in [0.2, 0.25) is 0 Å². The minimum Gasteiger partial charge on any atom is -0.497 e. The molecule has 12 heavy (non-hydrogen) atoms. The monoisotopic (exact) mass is 168 g/mol. The maximum Gasteiger partial charge on any atom is 0.118 e. The first-order valence-corrected chi connectivity index (χ1v) is 3.90. The smallest absolute Gasteiger partial charge is 0.118 e. The highest BCUT2D eigenvalue weighted by atomic mass is 16.5. The molecule has 0 bridgehead atoms. The number of benzene rings is 1. The van der Waals surface area contributed by atoms with Crippen LogP contribution in [-0.4, -0.2) is 13.1 Å². The van der Waals surface area contributed by atoms with E-state index in [0.717, 1.165) is 12.0 Å². The van der Waals surface area contributed by atoms with Gasteiger partial charge in [-0.1, -0.05) is 12.1 Å². The second-order valence-corrected chi connectivity index (χ2v) is 2.93. The molecule has 1 aromatic rings. The number of methoxy groups -OCH3 is 1. The summed E-state index contributed by atoms with van der Waals surface area (Å²) in [5.74, 6) is 0.350. The van der Waals surface area contributed by atoms with E-state index in [1.165, 1.54) is 0 Å². The van der Waals surface area contributed by atoms with Crippen LogP contribution in [0.15, 0.2) is 24.3 Å². The zero-order chi connectivity index (χ0) is 11.5. The van der Waals surface area contributed by atoms with Gasteiger partial charge in [-0.2, -0.15) is 0 Å². The molecule has 0 aliphatic rings. The summed E-state index contributed by atoms with van der Waals surface area (Å²) in [5.41, 5.74) is 6.72. The summed E-state index contributed by atoms with van der Waals surface area (Å²) in [4.78, 5) is 0. The molecule has 0 fully saturated rings. The lowest BCUT2D eigenvalue weighted by Crippen LogP contribution is -2.17. The van der Waals surface area contributed by atoms with E-state index in [0.29, 0.717) is 5.75 Å². The Labute approximate surface area is 77.6 Å². The van der Waals surface area contributed by atoms with Gasteiger partial charge in [0.2, 0.25) is 0 Å². The fraction of sp³-hybridized carbons (Fsp3) is 0.400. The topological polar surface area (TPSA) is 35.2 Å². The van der Waals surface area contributed by atoms with Crippen molar-refractivity contribution < 1.29 is 8.85 Å². The van der Waals surface area contributed by atoms with Crippen molar-refractivity contribution in [1.82, 2.24) is 0 Å². The molecule has 0 amide bonds. The summed E-state index contributed by atoms with van der Waals surface area (Å²) in [6.45, 7) is 1.92. The van der Waals surface area contributed by atoms with Gasteiger partial charge >= 0.3 is 0 Å². The Kier molecular flexibility index (Phi) is 1.92. The Hall–Kier alpha value is -1.02. The van der Waals surface area contributed by atoms with Gasteiger partial charge in [0.05, 0.1) is 11.2 Å². The van der Waals surface area contributed by atoms with Gasteiger partial charge in [0.15, 0.2) is 0 Å². The van der Waals surface area contributed by atoms with Crippen LogP contribution in [0.25, 0.3) is 0 Å². The number of rotatable bonds is 3. The van der Waals surface area contributed by atoms with Crippen LogP contribution in [0.5, 0.6) is 5.75 Å². The second-order valence-electron chi connectivity index (χ2n) is 2.93. The third-order valence-electron chi connectivity index (χ3n) is 1.60. The van der Waals surface area contributed by atoms with Crippen molar-refractivity contribution in [3.05, 3.63) is 29.8 Å². The molecule has 2 heteroatoms. The number of hydrogen-bond acceptors (Lipinski definition) is 2. The molecule has 2 nitrogen and oxygen atoms in total. The van der Waals surface area contributed by atoms with Crippen molar-refractivity contribution in [1.29, 1.82) is 0 Å². The Balaban J connectivity index is 2.64. The molecule has 0 heterocycles. The van der Waals surface area contributed by atoms with Gasteiger partial charge < -0.3 is 10.5 Å². The molecule has 1 atom stereocenters. The molecule has 0 saturated heterocycles. The summed E-state index contributed by atoms with van der Waals surface area (Å²) in [6.07, 6.45) is 0.772. The molecule has 1 aromatic carbocycles. The number of nitrogens with two attached hydrogens (primary N) is 1. The van der Waals surface area contributed by atoms with E-state index < -0.39 is 7.04 Å². The van der Waals surface area contributed by atoms with E-state index in [4.69, 9.17) is 14.6 Å². The molecule has 0 spiro atoms. The first kappa shape index (κ1) is 5.60. The molecule has 1 rings (SSSR count). The van der Waals surface area contributed by atoms with E-state index in [9.17, 15) is 0 Å². The van der Waals surface area contributed by atoms with Crippen LogP contribution in [0.1, 0.15) is 16.6 Å². The highest BCUT2D eigenvalue weighted by Gasteiger charge is 1.97. The molecule has 0 aliphatic carbocycles. The van der Waals surface area contributed by atoms with Crippen LogP contribution in [0, 0.1) is 0 Å². The van der Waals surface area contributed by atoms with Crippen LogP contribution >= 0.6 is 0 Å². The van der Waals surface area contributed by atoms with Crippen molar-refractivity contribution in [2.24, 2.45) is 5.73 Å². The zero-order valence-corrected chi connectivity index (χ0v) is 7.08. The van der Waals surface area contributed by atoms with Crippen molar-refractivity contribution in [2.45, 2.75) is 19.4 Å². The molecular weight excluding hydrogens is 150 g/mol. The van der Waals surface area contributed by atoms with Crippen molar-refractivity contribution >= 4 is 0 Å². The standard InChI is InChI=1S/C10H15NO/c1-8(11)7-9-3-5-10(12-2)6-4-9/h3-6,8H,7,11H2,1-2H3/i2D3. The van der Waals surface area contributed by atoms with Crippen LogP contribution in [0.4, 0.5) is 0 Å². The van der Waals surface area contributed by atoms with E-state index in [-0.39, 0.29) is 6.04 Å². The van der Waals surface area contributed by atoms with Gasteiger partial charge in [-0.3, -0.25) is 0 Å². The van der Waals surface area contributed by atoms with Gasteiger partial charge in [-0.15, -0.1) is 0 Å². The zero-order valence-electron chi connectivity index (χ0n) is 10.1. The van der Waals surface area contributed by atoms with Crippen LogP contribution in [0.3, 0.4) is 0 Å². The second kappa shape index (κ2) is 4.12. The average molecular weight is 168 g/mol. The fourth-order valence-corrected chi connectivity index (χ4v) is 1.07. The minimum absolute atomic E-state index is 0.0967. The Morgan fingerprint density at radius 3 is 2.67 bits per heavy atom. The summed E-state index contributed by atoms with van der Waals surface area (Å²) >= 11 is 0. The van der Waals surface area contributed by atoms with Crippen LogP contribution < -0.4 is 10.5 Å². The lowest BCUT2D eigenvalue weighted by molar-refractivity contribution is 0.414. The average Bonchev–Trinajstić information content (AvgIpc) is 2.05. The normalized spacial score (nSPS) is 17.3. The van der Waals surface area contributed by atoms with Gasteiger partial charge in [-0.05, 0) is 31.0 Å². The van der Waals surface area contributed by atoms with Crippen LogP contribution in [-0.2, 0) is 6.42 Å². The quantitative estimate of drug-likeness (QED) is 0.743. The number of ether oxygens (including phenoxy) is 1. The Morgan fingerprint density at radius 2 is 2.17 bits per heavy atom. The van der Waals surface area contributed by atoms with Gasteiger partial charge in [-0.25, -0.2) is 0 Å². The first-order valence-electron chi connectivity index (χ1n) is 5.40. The molecule has 0 aromatic heterocycles. The summed E-state index contributed by atoms with van der Waals surface area (Å²) in [7, 11) is -2.39. The largest absolute Gasteiger partial charge is 0.497 e. The van der Waals surface area contributed by atoms with Crippen molar-refractivity contribution in [3.8, 4) is 5.75 Å². The molecule has 66 valence electrons. The van der Waals surface area contributed by atoms with Crippen molar-refractivity contribution in [2.75, 3.05) is 7.04 Å². The number of hydrogen-bond donors (Lipinski definition) is 1. The fourth-order valence-electron chi connectivity index (χ4n) is 1.07. The van der Waals surface area contributed by atoms with E-state index in [2.05, 4.69) is 0 Å². The van der Waals surface area contributed by atoms with E-state index in [1.807, 2.05) is 19.1 Å². The maximum atomic E-state index is 6.93. The summed E-state index contributed by atoms with van der Waals surface area (Å²) < 4.78 is 25.5. The predicted molar refractivity (Wildman–Crippen MR) is 50.3 cm³/mol. The van der Waals surface area contributed by atoms with Crippen molar-refractivity contribution in [3.63, 3.8) is 0 Å². The predicted octanol–water partition coefficient (Wildman–Crippen LogP) is 1.58. The third-order valence-corrected chi connectivity index (χ3v) is 1.60. The van der Waals surface area contributed by atoms with Gasteiger partial charge in [0.25, 0.3) is 0 Å². The molecule has 0 aliphatic heterocycles. The summed E-state index contributed by atoms with van der Waals surface area (Å²) in [5, 5.41) is 0. The first-order chi connectivity index (χ1) is 6.87.